The summed E-state index contributed by atoms with van der Waals surface area (Å²) >= 11 is 1.90. The van der Waals surface area contributed by atoms with Crippen molar-refractivity contribution in [3.63, 3.8) is 0 Å². The number of hydrogen-bond acceptors (Lipinski definition) is 5. The van der Waals surface area contributed by atoms with Crippen molar-refractivity contribution in [3.05, 3.63) is 0 Å². The number of piperazine rings is 1. The minimum Gasteiger partial charge on any atom is -0.377 e. The lowest BCUT2D eigenvalue weighted by Crippen LogP contribution is -2.49. The summed E-state index contributed by atoms with van der Waals surface area (Å²) in [5.41, 5.74) is 0. The molecule has 0 bridgehead atoms. The topological polar surface area (TPSA) is 19.0 Å². The van der Waals surface area contributed by atoms with E-state index in [2.05, 4.69) is 34.9 Å². The SMILES string of the molecule is CCCN1CCN(CCOC2CC(N(C)CSC)C2)CC1. The second-order valence-electron chi connectivity index (χ2n) is 6.48. The Labute approximate surface area is 135 Å². The molecule has 0 aromatic heterocycles. The van der Waals surface area contributed by atoms with Crippen LogP contribution in [0.4, 0.5) is 0 Å². The maximum absolute atomic E-state index is 6.02. The van der Waals surface area contributed by atoms with E-state index in [4.69, 9.17) is 4.74 Å². The van der Waals surface area contributed by atoms with Crippen molar-refractivity contribution < 1.29 is 4.74 Å². The Hall–Kier alpha value is 0.190. The lowest BCUT2D eigenvalue weighted by molar-refractivity contribution is -0.0490. The third-order valence-electron chi connectivity index (χ3n) is 4.79. The highest BCUT2D eigenvalue weighted by Crippen LogP contribution is 2.28. The third kappa shape index (κ3) is 5.71. The Morgan fingerprint density at radius 3 is 2.29 bits per heavy atom. The minimum absolute atomic E-state index is 0.515. The molecule has 0 spiro atoms. The van der Waals surface area contributed by atoms with Crippen molar-refractivity contribution >= 4 is 11.8 Å². The summed E-state index contributed by atoms with van der Waals surface area (Å²) in [6.07, 6.45) is 6.41. The molecule has 4 nitrogen and oxygen atoms in total. The fraction of sp³-hybridized carbons (Fsp3) is 1.00. The molecular formula is C16H33N3OS. The largest absolute Gasteiger partial charge is 0.377 e. The quantitative estimate of drug-likeness (QED) is 0.603. The van der Waals surface area contributed by atoms with Crippen LogP contribution in [0.3, 0.4) is 0 Å². The van der Waals surface area contributed by atoms with Gasteiger partial charge in [-0.25, -0.2) is 0 Å². The first-order chi connectivity index (χ1) is 10.2. The molecule has 0 atom stereocenters. The lowest BCUT2D eigenvalue weighted by atomic mass is 9.88. The van der Waals surface area contributed by atoms with Crippen LogP contribution in [0.5, 0.6) is 0 Å². The Morgan fingerprint density at radius 1 is 1.10 bits per heavy atom. The Kier molecular flexibility index (Phi) is 7.82. The van der Waals surface area contributed by atoms with Crippen molar-refractivity contribution in [2.45, 2.75) is 38.3 Å². The van der Waals surface area contributed by atoms with E-state index in [0.29, 0.717) is 6.10 Å². The molecular weight excluding hydrogens is 282 g/mol. The van der Waals surface area contributed by atoms with E-state index < -0.39 is 0 Å². The van der Waals surface area contributed by atoms with E-state index in [0.717, 1.165) is 25.1 Å². The van der Waals surface area contributed by atoms with Gasteiger partial charge in [-0.2, -0.15) is 0 Å². The molecule has 0 N–H and O–H groups in total. The van der Waals surface area contributed by atoms with Crippen LogP contribution in [0, 0.1) is 0 Å². The molecule has 5 heteroatoms. The average molecular weight is 316 g/mol. The summed E-state index contributed by atoms with van der Waals surface area (Å²) in [4.78, 5) is 7.59. The molecule has 124 valence electrons. The molecule has 1 heterocycles. The van der Waals surface area contributed by atoms with Gasteiger partial charge >= 0.3 is 0 Å². The van der Waals surface area contributed by atoms with Crippen LogP contribution in [0.1, 0.15) is 26.2 Å². The number of nitrogens with zero attached hydrogens (tertiary/aromatic N) is 3. The molecule has 0 unspecified atom stereocenters. The van der Waals surface area contributed by atoms with Crippen LogP contribution >= 0.6 is 11.8 Å². The average Bonchev–Trinajstić information content (AvgIpc) is 2.43. The van der Waals surface area contributed by atoms with Gasteiger partial charge in [0.25, 0.3) is 0 Å². The third-order valence-corrected chi connectivity index (χ3v) is 5.46. The zero-order valence-corrected chi connectivity index (χ0v) is 14.9. The van der Waals surface area contributed by atoms with Crippen molar-refractivity contribution in [3.8, 4) is 0 Å². The van der Waals surface area contributed by atoms with Gasteiger partial charge < -0.3 is 9.64 Å². The molecule has 1 saturated heterocycles. The summed E-state index contributed by atoms with van der Waals surface area (Å²) in [7, 11) is 2.23. The van der Waals surface area contributed by atoms with Gasteiger partial charge in [-0.3, -0.25) is 9.80 Å². The van der Waals surface area contributed by atoms with E-state index >= 15 is 0 Å². The summed E-state index contributed by atoms with van der Waals surface area (Å²) < 4.78 is 6.02. The second kappa shape index (κ2) is 9.36. The van der Waals surface area contributed by atoms with E-state index in [9.17, 15) is 0 Å². The first-order valence-electron chi connectivity index (χ1n) is 8.48. The van der Waals surface area contributed by atoms with Gasteiger partial charge in [-0.05, 0) is 39.1 Å². The van der Waals surface area contributed by atoms with E-state index in [1.54, 1.807) is 0 Å². The second-order valence-corrected chi connectivity index (χ2v) is 7.31. The van der Waals surface area contributed by atoms with Gasteiger partial charge in [0.1, 0.15) is 0 Å². The highest BCUT2D eigenvalue weighted by atomic mass is 32.2. The van der Waals surface area contributed by atoms with Crippen LogP contribution in [0.15, 0.2) is 0 Å². The van der Waals surface area contributed by atoms with Crippen LogP contribution in [-0.4, -0.2) is 91.9 Å². The van der Waals surface area contributed by atoms with Gasteiger partial charge in [0.15, 0.2) is 0 Å². The van der Waals surface area contributed by atoms with Crippen molar-refractivity contribution in [2.75, 3.05) is 65.1 Å². The standard InChI is InChI=1S/C16H33N3OS/c1-4-5-18-6-8-19(9-7-18)10-11-20-16-12-15(13-16)17(2)14-21-3/h15-16H,4-14H2,1-3H3. The lowest BCUT2D eigenvalue weighted by Gasteiger charge is -2.41. The molecule has 2 aliphatic rings. The normalized spacial score (nSPS) is 28.0. The van der Waals surface area contributed by atoms with Gasteiger partial charge in [0, 0.05) is 44.6 Å². The number of thioether (sulfide) groups is 1. The van der Waals surface area contributed by atoms with Crippen LogP contribution in [0.2, 0.25) is 0 Å². The van der Waals surface area contributed by atoms with Gasteiger partial charge in [-0.15, -0.1) is 11.8 Å². The maximum atomic E-state index is 6.02. The van der Waals surface area contributed by atoms with Crippen molar-refractivity contribution in [1.82, 2.24) is 14.7 Å². The molecule has 2 rings (SSSR count). The number of rotatable bonds is 9. The molecule has 21 heavy (non-hydrogen) atoms. The fourth-order valence-corrected chi connectivity index (χ4v) is 3.86. The van der Waals surface area contributed by atoms with Gasteiger partial charge in [0.05, 0.1) is 12.7 Å². The monoisotopic (exact) mass is 315 g/mol. The highest BCUT2D eigenvalue weighted by molar-refractivity contribution is 7.98. The Balaban J connectivity index is 1.48. The maximum Gasteiger partial charge on any atom is 0.0605 e. The molecule has 0 aromatic rings. The molecule has 1 aliphatic carbocycles. The molecule has 0 aromatic carbocycles. The predicted molar refractivity (Wildman–Crippen MR) is 92.1 cm³/mol. The first kappa shape index (κ1) is 17.5. The molecule has 1 saturated carbocycles. The van der Waals surface area contributed by atoms with E-state index in [-0.39, 0.29) is 0 Å². The number of ether oxygens (including phenoxy) is 1. The first-order valence-corrected chi connectivity index (χ1v) is 9.87. The van der Waals surface area contributed by atoms with E-state index in [1.165, 1.54) is 52.0 Å². The van der Waals surface area contributed by atoms with Crippen LogP contribution < -0.4 is 0 Å². The highest BCUT2D eigenvalue weighted by Gasteiger charge is 2.32. The Morgan fingerprint density at radius 2 is 1.71 bits per heavy atom. The molecule has 0 amide bonds. The Bertz CT molecular complexity index is 279. The zero-order chi connectivity index (χ0) is 15.1. The van der Waals surface area contributed by atoms with Crippen molar-refractivity contribution in [2.24, 2.45) is 0 Å². The van der Waals surface area contributed by atoms with Crippen molar-refractivity contribution in [1.29, 1.82) is 0 Å². The summed E-state index contributed by atoms with van der Waals surface area (Å²) in [5.74, 6) is 1.14. The zero-order valence-electron chi connectivity index (χ0n) is 14.1. The summed E-state index contributed by atoms with van der Waals surface area (Å²) in [6, 6.07) is 0.750. The molecule has 0 radical (unpaired) electrons. The molecule has 2 fully saturated rings. The predicted octanol–water partition coefficient (Wildman–Crippen LogP) is 1.81. The molecule has 1 aliphatic heterocycles. The van der Waals surface area contributed by atoms with Crippen LogP contribution in [-0.2, 0) is 4.74 Å². The van der Waals surface area contributed by atoms with Gasteiger partial charge in [-0.1, -0.05) is 6.92 Å². The minimum atomic E-state index is 0.515. The van der Waals surface area contributed by atoms with Gasteiger partial charge in [0.2, 0.25) is 0 Å². The fourth-order valence-electron chi connectivity index (χ4n) is 3.24. The van der Waals surface area contributed by atoms with Crippen LogP contribution in [0.25, 0.3) is 0 Å². The summed E-state index contributed by atoms with van der Waals surface area (Å²) in [5, 5.41) is 0. The summed E-state index contributed by atoms with van der Waals surface area (Å²) in [6.45, 7) is 10.5. The number of hydrogen-bond donors (Lipinski definition) is 0. The van der Waals surface area contributed by atoms with E-state index in [1.807, 2.05) is 11.8 Å². The smallest absolute Gasteiger partial charge is 0.0605 e.